The number of ether oxygens (including phenoxy) is 1. The lowest BCUT2D eigenvalue weighted by molar-refractivity contribution is -0.0390. The molecule has 0 bridgehead atoms. The molecular weight excluding hydrogens is 466 g/mol. The second-order valence-corrected chi connectivity index (χ2v) is 8.74. The molecule has 1 aromatic heterocycles. The largest absolute Gasteiger partial charge is 0.398 e. The summed E-state index contributed by atoms with van der Waals surface area (Å²) in [6.07, 6.45) is 4.75. The van der Waals surface area contributed by atoms with Gasteiger partial charge in [-0.2, -0.15) is 5.10 Å². The predicted octanol–water partition coefficient (Wildman–Crippen LogP) is 6.12. The van der Waals surface area contributed by atoms with Crippen molar-refractivity contribution in [1.29, 1.82) is 0 Å². The van der Waals surface area contributed by atoms with Gasteiger partial charge in [-0.05, 0) is 42.8 Å². The van der Waals surface area contributed by atoms with Crippen molar-refractivity contribution in [2.24, 2.45) is 0 Å². The van der Waals surface area contributed by atoms with Crippen LogP contribution >= 0.6 is 27.5 Å². The van der Waals surface area contributed by atoms with Crippen LogP contribution in [0.25, 0.3) is 21.7 Å². The molecule has 0 saturated carbocycles. The molecular formula is C23H19BrClN3O2. The van der Waals surface area contributed by atoms with E-state index >= 15 is 0 Å². The summed E-state index contributed by atoms with van der Waals surface area (Å²) in [5, 5.41) is 7.64. The molecule has 1 aliphatic rings. The number of aromatic nitrogens is 2. The van der Waals surface area contributed by atoms with Crippen LogP contribution in [0.1, 0.15) is 41.4 Å². The van der Waals surface area contributed by atoms with Gasteiger partial charge in [0.15, 0.2) is 5.78 Å². The van der Waals surface area contributed by atoms with Gasteiger partial charge in [0.05, 0.1) is 10.7 Å². The van der Waals surface area contributed by atoms with E-state index in [9.17, 15) is 4.79 Å². The molecule has 1 fully saturated rings. The number of anilines is 1. The predicted molar refractivity (Wildman–Crippen MR) is 123 cm³/mol. The van der Waals surface area contributed by atoms with Crippen LogP contribution in [-0.2, 0) is 4.74 Å². The number of hydrogen-bond acceptors (Lipinski definition) is 4. The number of nitrogens with zero attached hydrogens (tertiary/aromatic N) is 2. The molecule has 1 saturated heterocycles. The Hall–Kier alpha value is -2.41. The second kappa shape index (κ2) is 7.69. The van der Waals surface area contributed by atoms with Gasteiger partial charge in [-0.1, -0.05) is 51.8 Å². The summed E-state index contributed by atoms with van der Waals surface area (Å²) >= 11 is 9.98. The third-order valence-electron chi connectivity index (χ3n) is 5.62. The Morgan fingerprint density at radius 3 is 2.70 bits per heavy atom. The highest BCUT2D eigenvalue weighted by Gasteiger charge is 2.23. The summed E-state index contributed by atoms with van der Waals surface area (Å²) in [5.74, 6) is -0.162. The SMILES string of the molecule is Nc1c(C(=O)c2ccc(Cl)c3nn(C4CCCCO4)cc23)cc(Br)c2ccccc12. The minimum absolute atomic E-state index is 0.134. The van der Waals surface area contributed by atoms with E-state index in [1.807, 2.05) is 30.5 Å². The number of nitrogens with two attached hydrogens (primary N) is 1. The van der Waals surface area contributed by atoms with E-state index in [-0.39, 0.29) is 12.0 Å². The lowest BCUT2D eigenvalue weighted by atomic mass is 9.96. The Morgan fingerprint density at radius 2 is 1.93 bits per heavy atom. The molecule has 5 nitrogen and oxygen atoms in total. The van der Waals surface area contributed by atoms with Gasteiger partial charge in [0, 0.05) is 39.2 Å². The molecule has 30 heavy (non-hydrogen) atoms. The maximum atomic E-state index is 13.6. The lowest BCUT2D eigenvalue weighted by Gasteiger charge is -2.22. The number of carbonyl (C=O) groups is 1. The molecule has 1 aliphatic heterocycles. The lowest BCUT2D eigenvalue weighted by Crippen LogP contribution is -2.18. The zero-order valence-corrected chi connectivity index (χ0v) is 18.4. The minimum atomic E-state index is -0.162. The number of fused-ring (bicyclic) bond motifs is 2. The monoisotopic (exact) mass is 483 g/mol. The summed E-state index contributed by atoms with van der Waals surface area (Å²) in [7, 11) is 0. The average molecular weight is 485 g/mol. The molecule has 0 spiro atoms. The van der Waals surface area contributed by atoms with Gasteiger partial charge in [-0.15, -0.1) is 0 Å². The first kappa shape index (κ1) is 19.5. The quantitative estimate of drug-likeness (QED) is 0.281. The zero-order valence-electron chi connectivity index (χ0n) is 16.1. The Balaban J connectivity index is 1.65. The van der Waals surface area contributed by atoms with Crippen molar-refractivity contribution in [1.82, 2.24) is 9.78 Å². The summed E-state index contributed by atoms with van der Waals surface area (Å²) in [4.78, 5) is 13.6. The molecule has 3 aromatic carbocycles. The van der Waals surface area contributed by atoms with Crippen LogP contribution in [-0.4, -0.2) is 22.2 Å². The van der Waals surface area contributed by atoms with Crippen molar-refractivity contribution >= 4 is 60.7 Å². The van der Waals surface area contributed by atoms with Gasteiger partial charge >= 0.3 is 0 Å². The number of benzene rings is 3. The number of nitrogen functional groups attached to an aromatic ring is 1. The first-order valence-corrected chi connectivity index (χ1v) is 11.0. The maximum absolute atomic E-state index is 13.6. The maximum Gasteiger partial charge on any atom is 0.195 e. The first-order valence-electron chi connectivity index (χ1n) is 9.85. The summed E-state index contributed by atoms with van der Waals surface area (Å²) in [6, 6.07) is 13.0. The molecule has 152 valence electrons. The van der Waals surface area contributed by atoms with Crippen LogP contribution in [0.5, 0.6) is 0 Å². The van der Waals surface area contributed by atoms with Gasteiger partial charge in [-0.25, -0.2) is 4.68 Å². The molecule has 0 radical (unpaired) electrons. The highest BCUT2D eigenvalue weighted by molar-refractivity contribution is 9.10. The average Bonchev–Trinajstić information content (AvgIpc) is 3.23. The highest BCUT2D eigenvalue weighted by Crippen LogP contribution is 2.35. The van der Waals surface area contributed by atoms with Crippen LogP contribution in [0, 0.1) is 0 Å². The van der Waals surface area contributed by atoms with E-state index in [1.54, 1.807) is 22.9 Å². The van der Waals surface area contributed by atoms with Crippen molar-refractivity contribution in [3.8, 4) is 0 Å². The van der Waals surface area contributed by atoms with E-state index < -0.39 is 0 Å². The molecule has 0 aliphatic carbocycles. The van der Waals surface area contributed by atoms with Crippen LogP contribution in [0.4, 0.5) is 5.69 Å². The number of hydrogen-bond donors (Lipinski definition) is 1. The Labute approximate surface area is 186 Å². The molecule has 5 rings (SSSR count). The van der Waals surface area contributed by atoms with Crippen molar-refractivity contribution in [2.75, 3.05) is 12.3 Å². The van der Waals surface area contributed by atoms with Gasteiger partial charge < -0.3 is 10.5 Å². The van der Waals surface area contributed by atoms with Crippen molar-refractivity contribution in [3.05, 3.63) is 69.3 Å². The van der Waals surface area contributed by atoms with Crippen LogP contribution in [0.3, 0.4) is 0 Å². The smallest absolute Gasteiger partial charge is 0.195 e. The number of rotatable bonds is 3. The Bertz CT molecular complexity index is 1290. The number of halogens is 2. The zero-order chi connectivity index (χ0) is 20.8. The normalized spacial score (nSPS) is 16.9. The first-order chi connectivity index (χ1) is 14.5. The Kier molecular flexibility index (Phi) is 5.01. The van der Waals surface area contributed by atoms with Crippen LogP contribution < -0.4 is 5.73 Å². The fraction of sp³-hybridized carbons (Fsp3) is 0.217. The van der Waals surface area contributed by atoms with Gasteiger partial charge in [-0.3, -0.25) is 4.79 Å². The van der Waals surface area contributed by atoms with Crippen molar-refractivity contribution in [2.45, 2.75) is 25.5 Å². The van der Waals surface area contributed by atoms with Gasteiger partial charge in [0.2, 0.25) is 0 Å². The molecule has 4 aromatic rings. The van der Waals surface area contributed by atoms with E-state index in [0.29, 0.717) is 39.3 Å². The summed E-state index contributed by atoms with van der Waals surface area (Å²) in [5.41, 5.74) is 8.44. The van der Waals surface area contributed by atoms with Crippen LogP contribution in [0.2, 0.25) is 5.02 Å². The molecule has 0 amide bonds. The molecule has 1 unspecified atom stereocenters. The molecule has 2 heterocycles. The van der Waals surface area contributed by atoms with Crippen LogP contribution in [0.15, 0.2) is 53.1 Å². The standard InChI is InChI=1S/C23H19BrClN3O2/c24-18-11-16(21(26)14-6-2-1-5-13(14)18)23(29)15-8-9-19(25)22-17(15)12-28(27-22)20-7-3-4-10-30-20/h1-2,5-6,8-9,11-12,20H,3-4,7,10,26H2. The summed E-state index contributed by atoms with van der Waals surface area (Å²) in [6.45, 7) is 0.710. The van der Waals surface area contributed by atoms with Gasteiger partial charge in [0.1, 0.15) is 11.7 Å². The van der Waals surface area contributed by atoms with E-state index in [1.165, 1.54) is 0 Å². The van der Waals surface area contributed by atoms with E-state index in [0.717, 1.165) is 34.5 Å². The van der Waals surface area contributed by atoms with Gasteiger partial charge in [0.25, 0.3) is 0 Å². The molecule has 2 N–H and O–H groups in total. The van der Waals surface area contributed by atoms with Crippen molar-refractivity contribution in [3.63, 3.8) is 0 Å². The number of carbonyl (C=O) groups excluding carboxylic acids is 1. The second-order valence-electron chi connectivity index (χ2n) is 7.48. The molecule has 7 heteroatoms. The fourth-order valence-corrected chi connectivity index (χ4v) is 4.83. The minimum Gasteiger partial charge on any atom is -0.398 e. The van der Waals surface area contributed by atoms with Crippen molar-refractivity contribution < 1.29 is 9.53 Å². The van der Waals surface area contributed by atoms with E-state index in [4.69, 9.17) is 22.1 Å². The van der Waals surface area contributed by atoms with E-state index in [2.05, 4.69) is 21.0 Å². The molecule has 1 atom stereocenters. The highest BCUT2D eigenvalue weighted by atomic mass is 79.9. The Morgan fingerprint density at radius 1 is 1.13 bits per heavy atom. The topological polar surface area (TPSA) is 70.1 Å². The number of ketones is 1. The third kappa shape index (κ3) is 3.20. The fourth-order valence-electron chi connectivity index (χ4n) is 4.05. The summed E-state index contributed by atoms with van der Waals surface area (Å²) < 4.78 is 8.46. The third-order valence-corrected chi connectivity index (χ3v) is 6.58.